The van der Waals surface area contributed by atoms with Gasteiger partial charge in [0.15, 0.2) is 0 Å². The molecule has 0 radical (unpaired) electrons. The fourth-order valence-corrected chi connectivity index (χ4v) is 7.64. The molecule has 4 aromatic carbocycles. The summed E-state index contributed by atoms with van der Waals surface area (Å²) in [5.74, 6) is 5.14. The fraction of sp³-hybridized carbons (Fsp3) is 0.500. The molecule has 0 aliphatic rings. The number of aliphatic hydroxyl groups excluding tert-OH is 4. The van der Waals surface area contributed by atoms with Crippen molar-refractivity contribution < 1.29 is 39.4 Å². The largest absolute Gasteiger partial charge is 0.497 e. The molecule has 0 heterocycles. The first-order valence-electron chi connectivity index (χ1n) is 20.3. The van der Waals surface area contributed by atoms with E-state index in [1.165, 1.54) is 22.3 Å². The van der Waals surface area contributed by atoms with Gasteiger partial charge in [-0.2, -0.15) is 0 Å². The van der Waals surface area contributed by atoms with Crippen LogP contribution < -0.4 is 18.9 Å². The summed E-state index contributed by atoms with van der Waals surface area (Å²) in [6, 6.07) is 33.0. The predicted molar refractivity (Wildman–Crippen MR) is 226 cm³/mol. The molecule has 4 rings (SSSR count). The Labute approximate surface area is 336 Å². The van der Waals surface area contributed by atoms with E-state index in [4.69, 9.17) is 18.9 Å². The monoisotopic (exact) mass is 772 g/mol. The molecule has 0 bridgehead atoms. The molecule has 8 nitrogen and oxygen atoms in total. The lowest BCUT2D eigenvalue weighted by molar-refractivity contribution is 0.203. The summed E-state index contributed by atoms with van der Waals surface area (Å²) in [5.41, 5.74) is 5.10. The van der Waals surface area contributed by atoms with Crippen molar-refractivity contribution in [2.45, 2.75) is 77.0 Å². The second kappa shape index (κ2) is 27.5. The highest BCUT2D eigenvalue weighted by Crippen LogP contribution is 2.32. The second-order valence-corrected chi connectivity index (χ2v) is 14.7. The number of rotatable bonds is 26. The number of hydrogen-bond acceptors (Lipinski definition) is 8. The molecule has 0 fully saturated rings. The maximum Gasteiger partial charge on any atom is 0.118 e. The van der Waals surface area contributed by atoms with Crippen LogP contribution in [0.25, 0.3) is 0 Å². The molecular weight excluding hydrogens is 705 g/mol. The Balaban J connectivity index is 0.000000300. The lowest BCUT2D eigenvalue weighted by Crippen LogP contribution is -2.21. The van der Waals surface area contributed by atoms with Gasteiger partial charge in [0.25, 0.3) is 0 Å². The Morgan fingerprint density at radius 2 is 0.554 bits per heavy atom. The Kier molecular flexibility index (Phi) is 22.7. The van der Waals surface area contributed by atoms with Gasteiger partial charge in [-0.25, -0.2) is 0 Å². The van der Waals surface area contributed by atoms with Gasteiger partial charge in [0.1, 0.15) is 23.0 Å². The zero-order valence-corrected chi connectivity index (χ0v) is 34.3. The molecule has 4 atom stereocenters. The van der Waals surface area contributed by atoms with Crippen molar-refractivity contribution in [1.29, 1.82) is 0 Å². The van der Waals surface area contributed by atoms with Gasteiger partial charge >= 0.3 is 0 Å². The summed E-state index contributed by atoms with van der Waals surface area (Å²) in [7, 11) is 6.71. The van der Waals surface area contributed by atoms with Crippen molar-refractivity contribution >= 4 is 0 Å². The summed E-state index contributed by atoms with van der Waals surface area (Å²) in [6.07, 6.45) is 11.1. The topological polar surface area (TPSA) is 118 Å². The van der Waals surface area contributed by atoms with Gasteiger partial charge in [-0.3, -0.25) is 0 Å². The zero-order chi connectivity index (χ0) is 40.4. The molecule has 308 valence electrons. The average Bonchev–Trinajstić information content (AvgIpc) is 3.24. The zero-order valence-electron chi connectivity index (χ0n) is 34.3. The molecule has 8 heteroatoms. The Hall–Kier alpha value is -4.08. The van der Waals surface area contributed by atoms with E-state index in [2.05, 4.69) is 48.5 Å². The molecule has 0 saturated heterocycles. The molecule has 56 heavy (non-hydrogen) atoms. The highest BCUT2D eigenvalue weighted by molar-refractivity contribution is 5.30. The van der Waals surface area contributed by atoms with Crippen LogP contribution in [0.2, 0.25) is 0 Å². The second-order valence-electron chi connectivity index (χ2n) is 14.7. The minimum absolute atomic E-state index is 0.194. The Morgan fingerprint density at radius 1 is 0.321 bits per heavy atom. The van der Waals surface area contributed by atoms with Crippen LogP contribution in [0, 0.1) is 23.7 Å². The summed E-state index contributed by atoms with van der Waals surface area (Å²) in [5, 5.41) is 37.7. The third-order valence-corrected chi connectivity index (χ3v) is 10.9. The minimum atomic E-state index is 0.194. The molecule has 0 amide bonds. The number of aliphatic hydroxyl groups is 4. The molecule has 0 aromatic heterocycles. The average molecular weight is 773 g/mol. The van der Waals surface area contributed by atoms with Crippen LogP contribution in [0.4, 0.5) is 0 Å². The fourth-order valence-electron chi connectivity index (χ4n) is 7.64. The third-order valence-electron chi connectivity index (χ3n) is 10.9. The number of hydrogen-bond donors (Lipinski definition) is 4. The van der Waals surface area contributed by atoms with E-state index < -0.39 is 0 Å². The van der Waals surface area contributed by atoms with Gasteiger partial charge in [0, 0.05) is 26.4 Å². The van der Waals surface area contributed by atoms with E-state index in [1.54, 1.807) is 28.4 Å². The van der Waals surface area contributed by atoms with E-state index in [1.807, 2.05) is 48.5 Å². The van der Waals surface area contributed by atoms with E-state index in [0.717, 1.165) is 100 Å². The standard InChI is InChI=1S/2C24H34O4/c2*1-27-23-10-6-19(7-11-23)17-21(5-3-4-15-25)22(14-16-26)18-20-8-12-24(28-2)13-9-20/h2*6-13,21-22,25-26H,3-5,14-18H2,1-2H3/t2*21-,22-/m10/s1. The van der Waals surface area contributed by atoms with Crippen LogP contribution in [0.5, 0.6) is 23.0 Å². The maximum atomic E-state index is 9.68. The molecule has 4 N–H and O–H groups in total. The predicted octanol–water partition coefficient (Wildman–Crippen LogP) is 8.53. The summed E-state index contributed by atoms with van der Waals surface area (Å²) in [4.78, 5) is 0. The van der Waals surface area contributed by atoms with Gasteiger partial charge in [0.2, 0.25) is 0 Å². The number of ether oxygens (including phenoxy) is 4. The maximum absolute atomic E-state index is 9.68. The first kappa shape index (κ1) is 46.3. The summed E-state index contributed by atoms with van der Waals surface area (Å²) < 4.78 is 21.0. The summed E-state index contributed by atoms with van der Waals surface area (Å²) >= 11 is 0. The normalized spacial score (nSPS) is 13.1. The quantitative estimate of drug-likeness (QED) is 0.0470. The summed E-state index contributed by atoms with van der Waals surface area (Å²) in [6.45, 7) is 0.858. The van der Waals surface area contributed by atoms with E-state index in [0.29, 0.717) is 23.7 Å². The number of unbranched alkanes of at least 4 members (excludes halogenated alkanes) is 2. The highest BCUT2D eigenvalue weighted by atomic mass is 16.5. The highest BCUT2D eigenvalue weighted by Gasteiger charge is 2.23. The van der Waals surface area contributed by atoms with Crippen LogP contribution in [0.3, 0.4) is 0 Å². The van der Waals surface area contributed by atoms with E-state index in [-0.39, 0.29) is 26.4 Å². The molecule has 0 unspecified atom stereocenters. The lowest BCUT2D eigenvalue weighted by atomic mass is 9.78. The van der Waals surface area contributed by atoms with E-state index in [9.17, 15) is 20.4 Å². The number of methoxy groups -OCH3 is 4. The van der Waals surface area contributed by atoms with Crippen molar-refractivity contribution in [2.75, 3.05) is 54.9 Å². The third kappa shape index (κ3) is 17.0. The van der Waals surface area contributed by atoms with Crippen LogP contribution in [-0.4, -0.2) is 75.3 Å². The molecule has 0 spiro atoms. The van der Waals surface area contributed by atoms with Gasteiger partial charge in [0.05, 0.1) is 28.4 Å². The van der Waals surface area contributed by atoms with Crippen molar-refractivity contribution in [2.24, 2.45) is 23.7 Å². The van der Waals surface area contributed by atoms with Crippen LogP contribution in [-0.2, 0) is 25.7 Å². The Morgan fingerprint density at radius 3 is 0.750 bits per heavy atom. The van der Waals surface area contributed by atoms with Gasteiger partial charge in [-0.05, 0) is 159 Å². The first-order chi connectivity index (χ1) is 27.4. The number of benzene rings is 4. The molecule has 0 aliphatic carbocycles. The van der Waals surface area contributed by atoms with Crippen LogP contribution in [0.1, 0.15) is 73.6 Å². The molecule has 4 aromatic rings. The van der Waals surface area contributed by atoms with Crippen molar-refractivity contribution in [3.8, 4) is 23.0 Å². The molecule has 0 saturated carbocycles. The first-order valence-corrected chi connectivity index (χ1v) is 20.3. The van der Waals surface area contributed by atoms with Crippen molar-refractivity contribution in [1.82, 2.24) is 0 Å². The van der Waals surface area contributed by atoms with Gasteiger partial charge < -0.3 is 39.4 Å². The van der Waals surface area contributed by atoms with Crippen LogP contribution in [0.15, 0.2) is 97.1 Å². The van der Waals surface area contributed by atoms with Crippen molar-refractivity contribution in [3.63, 3.8) is 0 Å². The van der Waals surface area contributed by atoms with Gasteiger partial charge in [-0.15, -0.1) is 0 Å². The van der Waals surface area contributed by atoms with Gasteiger partial charge in [-0.1, -0.05) is 61.4 Å². The Bertz CT molecular complexity index is 1420. The minimum Gasteiger partial charge on any atom is -0.497 e. The molecular formula is C48H68O8. The smallest absolute Gasteiger partial charge is 0.118 e. The molecule has 0 aliphatic heterocycles. The lowest BCUT2D eigenvalue weighted by Gasteiger charge is -2.27. The van der Waals surface area contributed by atoms with E-state index >= 15 is 0 Å². The van der Waals surface area contributed by atoms with Crippen LogP contribution >= 0.6 is 0 Å². The SMILES string of the molecule is COc1ccc(C[C@@H](CCO)[C@H](CCCCO)Cc2ccc(OC)cc2)cc1.COc1ccc(C[C@H](CCO)[C@@H](CCCCO)Cc2ccc(OC)cc2)cc1. The van der Waals surface area contributed by atoms with Crippen molar-refractivity contribution in [3.05, 3.63) is 119 Å².